The molecule has 0 aromatic rings. The second-order valence-electron chi connectivity index (χ2n) is 4.32. The highest BCUT2D eigenvalue weighted by Gasteiger charge is 2.38. The molecule has 0 saturated carbocycles. The number of carbonyl (C=O) groups excluding carboxylic acids is 1. The van der Waals surface area contributed by atoms with Crippen LogP contribution in [0.2, 0.25) is 0 Å². The number of hydrogen-bond donors (Lipinski definition) is 2. The first kappa shape index (κ1) is 15.3. The van der Waals surface area contributed by atoms with Crippen LogP contribution in [0.1, 0.15) is 12.8 Å². The lowest BCUT2D eigenvalue weighted by Gasteiger charge is -2.34. The van der Waals surface area contributed by atoms with E-state index in [9.17, 15) is 13.6 Å². The Labute approximate surface area is 105 Å². The lowest BCUT2D eigenvalue weighted by atomic mass is 9.79. The van der Waals surface area contributed by atoms with Crippen molar-refractivity contribution in [3.8, 4) is 0 Å². The van der Waals surface area contributed by atoms with Crippen molar-refractivity contribution < 1.29 is 23.0 Å². The van der Waals surface area contributed by atoms with Gasteiger partial charge in [0.05, 0.1) is 12.0 Å². The van der Waals surface area contributed by atoms with Crippen LogP contribution in [-0.4, -0.2) is 51.8 Å². The van der Waals surface area contributed by atoms with Crippen molar-refractivity contribution in [2.24, 2.45) is 11.1 Å². The van der Waals surface area contributed by atoms with Gasteiger partial charge in [-0.1, -0.05) is 0 Å². The van der Waals surface area contributed by atoms with E-state index in [1.165, 1.54) is 0 Å². The summed E-state index contributed by atoms with van der Waals surface area (Å²) in [7, 11) is 0. The molecular weight excluding hydrogens is 246 g/mol. The van der Waals surface area contributed by atoms with Crippen LogP contribution in [0.15, 0.2) is 0 Å². The average Bonchev–Trinajstić information content (AvgIpc) is 2.38. The lowest BCUT2D eigenvalue weighted by Crippen LogP contribution is -2.49. The topological polar surface area (TPSA) is 73.6 Å². The van der Waals surface area contributed by atoms with Gasteiger partial charge in [0, 0.05) is 26.3 Å². The molecule has 1 heterocycles. The van der Waals surface area contributed by atoms with Gasteiger partial charge in [-0.2, -0.15) is 0 Å². The van der Waals surface area contributed by atoms with Crippen LogP contribution in [0.3, 0.4) is 0 Å². The highest BCUT2D eigenvalue weighted by molar-refractivity contribution is 5.83. The fraction of sp³-hybridized carbons (Fsp3) is 0.909. The maximum absolute atomic E-state index is 12.0. The second kappa shape index (κ2) is 7.60. The molecule has 18 heavy (non-hydrogen) atoms. The summed E-state index contributed by atoms with van der Waals surface area (Å²) in [6, 6.07) is 0. The van der Waals surface area contributed by atoms with Crippen LogP contribution in [0.25, 0.3) is 0 Å². The zero-order chi connectivity index (χ0) is 13.4. The van der Waals surface area contributed by atoms with Gasteiger partial charge in [0.25, 0.3) is 6.43 Å². The number of halogens is 2. The molecule has 0 radical (unpaired) electrons. The summed E-state index contributed by atoms with van der Waals surface area (Å²) in [5.41, 5.74) is 5.08. The minimum atomic E-state index is -2.48. The van der Waals surface area contributed by atoms with Gasteiger partial charge in [0.15, 0.2) is 0 Å². The van der Waals surface area contributed by atoms with Crippen LogP contribution >= 0.6 is 0 Å². The van der Waals surface area contributed by atoms with Gasteiger partial charge >= 0.3 is 0 Å². The van der Waals surface area contributed by atoms with Gasteiger partial charge in [0.2, 0.25) is 5.91 Å². The van der Waals surface area contributed by atoms with E-state index in [1.807, 2.05) is 0 Å². The molecule has 1 saturated heterocycles. The van der Waals surface area contributed by atoms with Gasteiger partial charge in [-0.25, -0.2) is 8.78 Å². The summed E-state index contributed by atoms with van der Waals surface area (Å²) >= 11 is 0. The maximum atomic E-state index is 12.0. The lowest BCUT2D eigenvalue weighted by molar-refractivity contribution is -0.136. The monoisotopic (exact) mass is 266 g/mol. The minimum absolute atomic E-state index is 0.0766. The van der Waals surface area contributed by atoms with Gasteiger partial charge in [-0.15, -0.1) is 0 Å². The summed E-state index contributed by atoms with van der Waals surface area (Å²) in [6.07, 6.45) is -1.30. The predicted molar refractivity (Wildman–Crippen MR) is 61.4 cm³/mol. The summed E-state index contributed by atoms with van der Waals surface area (Å²) in [4.78, 5) is 12.0. The highest BCUT2D eigenvalue weighted by Crippen LogP contribution is 2.29. The van der Waals surface area contributed by atoms with Gasteiger partial charge < -0.3 is 20.5 Å². The first-order chi connectivity index (χ1) is 8.60. The number of nitrogens with one attached hydrogen (secondary N) is 1. The molecule has 1 rings (SSSR count). The Morgan fingerprint density at radius 3 is 2.67 bits per heavy atom. The Balaban J connectivity index is 2.25. The first-order valence-electron chi connectivity index (χ1n) is 6.03. The number of ether oxygens (including phenoxy) is 2. The normalized spacial score (nSPS) is 18.9. The molecule has 3 N–H and O–H groups in total. The van der Waals surface area contributed by atoms with E-state index in [0.29, 0.717) is 26.1 Å². The molecule has 0 aliphatic carbocycles. The van der Waals surface area contributed by atoms with Crippen LogP contribution in [0.5, 0.6) is 0 Å². The van der Waals surface area contributed by atoms with E-state index < -0.39 is 18.4 Å². The molecule has 0 spiro atoms. The fourth-order valence-corrected chi connectivity index (χ4v) is 1.88. The molecule has 0 atom stereocenters. The molecule has 106 valence electrons. The Morgan fingerprint density at radius 2 is 2.11 bits per heavy atom. The van der Waals surface area contributed by atoms with Gasteiger partial charge in [-0.05, 0) is 12.8 Å². The molecule has 1 aliphatic heterocycles. The van der Waals surface area contributed by atoms with Crippen molar-refractivity contribution in [1.29, 1.82) is 0 Å². The molecule has 0 aromatic heterocycles. The number of rotatable bonds is 7. The van der Waals surface area contributed by atoms with Crippen molar-refractivity contribution in [3.05, 3.63) is 0 Å². The van der Waals surface area contributed by atoms with Crippen molar-refractivity contribution in [2.45, 2.75) is 19.3 Å². The van der Waals surface area contributed by atoms with E-state index in [-0.39, 0.29) is 25.6 Å². The van der Waals surface area contributed by atoms with Crippen LogP contribution in [-0.2, 0) is 14.3 Å². The number of nitrogens with two attached hydrogens (primary N) is 1. The van der Waals surface area contributed by atoms with E-state index in [2.05, 4.69) is 10.1 Å². The summed E-state index contributed by atoms with van der Waals surface area (Å²) in [6.45, 7) is 0.992. The predicted octanol–water partition coefficient (Wildman–Crippen LogP) is 0.140. The van der Waals surface area contributed by atoms with Gasteiger partial charge in [0.1, 0.15) is 6.61 Å². The standard InChI is InChI=1S/C11H20F2N2O3/c12-9(13)7-18-6-3-15-10(16)11(8-14)1-4-17-5-2-11/h9H,1-8,14H2,(H,15,16). The largest absolute Gasteiger partial charge is 0.381 e. The molecule has 0 unspecified atom stereocenters. The number of hydrogen-bond acceptors (Lipinski definition) is 4. The average molecular weight is 266 g/mol. The van der Waals surface area contributed by atoms with Crippen molar-refractivity contribution in [1.82, 2.24) is 5.32 Å². The smallest absolute Gasteiger partial charge is 0.261 e. The van der Waals surface area contributed by atoms with Crippen LogP contribution in [0, 0.1) is 5.41 Å². The summed E-state index contributed by atoms with van der Waals surface area (Å²) < 4.78 is 33.4. The molecule has 1 aliphatic rings. The van der Waals surface area contributed by atoms with E-state index in [1.54, 1.807) is 0 Å². The quantitative estimate of drug-likeness (QED) is 0.643. The fourth-order valence-electron chi connectivity index (χ4n) is 1.88. The maximum Gasteiger partial charge on any atom is 0.261 e. The number of carbonyl (C=O) groups is 1. The highest BCUT2D eigenvalue weighted by atomic mass is 19.3. The third-order valence-corrected chi connectivity index (χ3v) is 3.10. The third-order valence-electron chi connectivity index (χ3n) is 3.10. The molecular formula is C11H20F2N2O3. The first-order valence-corrected chi connectivity index (χ1v) is 6.03. The van der Waals surface area contributed by atoms with Crippen molar-refractivity contribution in [3.63, 3.8) is 0 Å². The number of amides is 1. The summed E-state index contributed by atoms with van der Waals surface area (Å²) in [5, 5.41) is 2.67. The van der Waals surface area contributed by atoms with E-state index in [4.69, 9.17) is 10.5 Å². The van der Waals surface area contributed by atoms with Gasteiger partial charge in [-0.3, -0.25) is 4.79 Å². The zero-order valence-corrected chi connectivity index (χ0v) is 10.3. The van der Waals surface area contributed by atoms with E-state index >= 15 is 0 Å². The zero-order valence-electron chi connectivity index (χ0n) is 10.3. The Hall–Kier alpha value is -0.790. The Morgan fingerprint density at radius 1 is 1.44 bits per heavy atom. The van der Waals surface area contributed by atoms with E-state index in [0.717, 1.165) is 0 Å². The van der Waals surface area contributed by atoms with Crippen molar-refractivity contribution in [2.75, 3.05) is 39.5 Å². The second-order valence-corrected chi connectivity index (χ2v) is 4.32. The van der Waals surface area contributed by atoms with Crippen LogP contribution < -0.4 is 11.1 Å². The Bertz CT molecular complexity index is 259. The molecule has 0 bridgehead atoms. The summed E-state index contributed by atoms with van der Waals surface area (Å²) in [5.74, 6) is -0.144. The molecule has 1 fully saturated rings. The number of alkyl halides is 2. The molecule has 0 aromatic carbocycles. The Kier molecular flexibility index (Phi) is 6.45. The van der Waals surface area contributed by atoms with Crippen LogP contribution in [0.4, 0.5) is 8.78 Å². The SMILES string of the molecule is NCC1(C(=O)NCCOCC(F)F)CCOCC1. The molecule has 5 nitrogen and oxygen atoms in total. The molecule has 1 amide bonds. The molecule has 7 heteroatoms. The minimum Gasteiger partial charge on any atom is -0.381 e. The third kappa shape index (κ3) is 4.47. The van der Waals surface area contributed by atoms with Crippen molar-refractivity contribution >= 4 is 5.91 Å².